The highest BCUT2D eigenvalue weighted by molar-refractivity contribution is 5.85. The number of halogens is 4. The Morgan fingerprint density at radius 1 is 1.27 bits per heavy atom. The zero-order valence-electron chi connectivity index (χ0n) is 12.6. The van der Waals surface area contributed by atoms with Crippen molar-refractivity contribution in [3.05, 3.63) is 35.4 Å². The molecule has 2 heterocycles. The highest BCUT2D eigenvalue weighted by Crippen LogP contribution is 2.29. The molecule has 124 valence electrons. The van der Waals surface area contributed by atoms with Crippen LogP contribution in [-0.4, -0.2) is 19.6 Å². The van der Waals surface area contributed by atoms with Gasteiger partial charge in [-0.2, -0.15) is 23.4 Å². The predicted octanol–water partition coefficient (Wildman–Crippen LogP) is 2.93. The van der Waals surface area contributed by atoms with Crippen LogP contribution in [0.3, 0.4) is 0 Å². The summed E-state index contributed by atoms with van der Waals surface area (Å²) in [5.41, 5.74) is 0.601. The van der Waals surface area contributed by atoms with Gasteiger partial charge in [0.15, 0.2) is 0 Å². The Hall–Kier alpha value is -1.54. The molecule has 2 aromatic rings. The minimum atomic E-state index is -4.38. The lowest BCUT2D eigenvalue weighted by atomic mass is 10.3. The summed E-state index contributed by atoms with van der Waals surface area (Å²) in [7, 11) is 1.29. The molecule has 2 aromatic heterocycles. The van der Waals surface area contributed by atoms with Crippen molar-refractivity contribution in [3.63, 3.8) is 0 Å². The van der Waals surface area contributed by atoms with Gasteiger partial charge in [0.25, 0.3) is 0 Å². The van der Waals surface area contributed by atoms with E-state index in [0.29, 0.717) is 12.2 Å². The monoisotopic (exact) mass is 337 g/mol. The first-order chi connectivity index (χ1) is 9.79. The lowest BCUT2D eigenvalue weighted by Crippen LogP contribution is -2.17. The van der Waals surface area contributed by atoms with E-state index < -0.39 is 11.9 Å². The Labute approximate surface area is 132 Å². The van der Waals surface area contributed by atoms with Gasteiger partial charge in [0.05, 0.1) is 11.4 Å². The average Bonchev–Trinajstić information content (AvgIpc) is 2.95. The third kappa shape index (κ3) is 4.23. The van der Waals surface area contributed by atoms with Crippen molar-refractivity contribution in [3.8, 4) is 0 Å². The van der Waals surface area contributed by atoms with Gasteiger partial charge in [0.1, 0.15) is 5.69 Å². The van der Waals surface area contributed by atoms with Crippen LogP contribution < -0.4 is 5.32 Å². The van der Waals surface area contributed by atoms with Crippen molar-refractivity contribution in [2.24, 2.45) is 7.05 Å². The van der Waals surface area contributed by atoms with Gasteiger partial charge >= 0.3 is 6.18 Å². The summed E-state index contributed by atoms with van der Waals surface area (Å²) in [6.07, 6.45) is -2.67. The molecule has 0 spiro atoms. The lowest BCUT2D eigenvalue weighted by molar-refractivity contribution is -0.143. The van der Waals surface area contributed by atoms with Crippen LogP contribution in [0.2, 0.25) is 0 Å². The van der Waals surface area contributed by atoms with Crippen molar-refractivity contribution >= 4 is 12.4 Å². The molecule has 0 unspecified atom stereocenters. The average molecular weight is 338 g/mol. The Morgan fingerprint density at radius 3 is 2.50 bits per heavy atom. The summed E-state index contributed by atoms with van der Waals surface area (Å²) >= 11 is 0. The van der Waals surface area contributed by atoms with Crippen LogP contribution >= 0.6 is 12.4 Å². The maximum absolute atomic E-state index is 12.7. The van der Waals surface area contributed by atoms with Gasteiger partial charge in [0.2, 0.25) is 0 Å². The molecule has 22 heavy (non-hydrogen) atoms. The largest absolute Gasteiger partial charge is 0.433 e. The molecule has 0 aliphatic rings. The van der Waals surface area contributed by atoms with Gasteiger partial charge in [-0.15, -0.1) is 12.4 Å². The second-order valence-corrected chi connectivity index (χ2v) is 5.11. The van der Waals surface area contributed by atoms with Crippen LogP contribution in [0.1, 0.15) is 37.0 Å². The Balaban J connectivity index is 0.00000242. The molecule has 9 heteroatoms. The van der Waals surface area contributed by atoms with Gasteiger partial charge in [-0.25, -0.2) is 0 Å². The van der Waals surface area contributed by atoms with Crippen molar-refractivity contribution in [1.29, 1.82) is 0 Å². The lowest BCUT2D eigenvalue weighted by Gasteiger charge is -2.11. The molecule has 0 aromatic carbocycles. The molecule has 0 amide bonds. The summed E-state index contributed by atoms with van der Waals surface area (Å²) in [5.74, 6) is 0. The fraction of sp³-hybridized carbons (Fsp3) is 0.538. The van der Waals surface area contributed by atoms with Gasteiger partial charge in [-0.05, 0) is 26.0 Å². The van der Waals surface area contributed by atoms with E-state index in [1.165, 1.54) is 7.05 Å². The van der Waals surface area contributed by atoms with E-state index in [4.69, 9.17) is 0 Å². The van der Waals surface area contributed by atoms with E-state index in [1.54, 1.807) is 6.20 Å². The highest BCUT2D eigenvalue weighted by Gasteiger charge is 2.34. The van der Waals surface area contributed by atoms with Crippen LogP contribution in [0.25, 0.3) is 0 Å². The third-order valence-electron chi connectivity index (χ3n) is 3.07. The van der Waals surface area contributed by atoms with Crippen LogP contribution in [0, 0.1) is 0 Å². The number of alkyl halides is 3. The maximum atomic E-state index is 12.7. The summed E-state index contributed by atoms with van der Waals surface area (Å²) in [5, 5.41) is 11.2. The van der Waals surface area contributed by atoms with E-state index in [2.05, 4.69) is 15.5 Å². The second-order valence-electron chi connectivity index (χ2n) is 5.11. The van der Waals surface area contributed by atoms with Crippen molar-refractivity contribution in [2.45, 2.75) is 39.2 Å². The molecule has 0 radical (unpaired) electrons. The Kier molecular flexibility index (Phi) is 6.01. The number of hydrogen-bond acceptors (Lipinski definition) is 3. The van der Waals surface area contributed by atoms with E-state index in [0.717, 1.165) is 16.4 Å². The molecule has 0 saturated carbocycles. The molecule has 0 atom stereocenters. The van der Waals surface area contributed by atoms with Crippen molar-refractivity contribution < 1.29 is 13.2 Å². The number of nitrogens with one attached hydrogen (secondary N) is 1. The van der Waals surface area contributed by atoms with Crippen molar-refractivity contribution in [2.75, 3.05) is 0 Å². The Bertz CT molecular complexity index is 603. The fourth-order valence-electron chi connectivity index (χ4n) is 2.14. The first-order valence-corrected chi connectivity index (χ1v) is 6.62. The first kappa shape index (κ1) is 18.5. The van der Waals surface area contributed by atoms with Gasteiger partial charge in [0, 0.05) is 32.4 Å². The predicted molar refractivity (Wildman–Crippen MR) is 78.6 cm³/mol. The topological polar surface area (TPSA) is 47.7 Å². The van der Waals surface area contributed by atoms with E-state index in [1.807, 2.05) is 24.6 Å². The van der Waals surface area contributed by atoms with Crippen LogP contribution in [0.5, 0.6) is 0 Å². The zero-order valence-corrected chi connectivity index (χ0v) is 13.4. The van der Waals surface area contributed by atoms with Crippen LogP contribution in [0.15, 0.2) is 18.3 Å². The summed E-state index contributed by atoms with van der Waals surface area (Å²) < 4.78 is 40.7. The minimum Gasteiger partial charge on any atom is -0.305 e. The molecule has 0 aliphatic carbocycles. The number of aryl methyl sites for hydroxylation is 1. The molecule has 0 aliphatic heterocycles. The maximum Gasteiger partial charge on any atom is 0.433 e. The highest BCUT2D eigenvalue weighted by atomic mass is 35.5. The van der Waals surface area contributed by atoms with Gasteiger partial charge in [-0.3, -0.25) is 9.36 Å². The molecule has 5 nitrogen and oxygen atoms in total. The standard InChI is InChI=1S/C13H18F3N5.ClH/c1-9(2)21-11(4-5-18-21)8-17-7-10-6-12(13(14,15)16)20(3)19-10;/h4-6,9,17H,7-8H2,1-3H3;1H. The van der Waals surface area contributed by atoms with Gasteiger partial charge in [-0.1, -0.05) is 0 Å². The second kappa shape index (κ2) is 7.15. The number of nitrogens with zero attached hydrogens (tertiary/aromatic N) is 4. The quantitative estimate of drug-likeness (QED) is 0.912. The SMILES string of the molecule is CC(C)n1nccc1CNCc1cc(C(F)(F)F)n(C)n1.Cl. The first-order valence-electron chi connectivity index (χ1n) is 6.62. The van der Waals surface area contributed by atoms with E-state index in [9.17, 15) is 13.2 Å². The normalized spacial score (nSPS) is 11.8. The number of aromatic nitrogens is 4. The number of hydrogen-bond donors (Lipinski definition) is 1. The summed E-state index contributed by atoms with van der Waals surface area (Å²) in [6.45, 7) is 4.83. The van der Waals surface area contributed by atoms with Crippen molar-refractivity contribution in [1.82, 2.24) is 24.9 Å². The van der Waals surface area contributed by atoms with Crippen LogP contribution in [0.4, 0.5) is 13.2 Å². The molecule has 0 saturated heterocycles. The smallest absolute Gasteiger partial charge is 0.305 e. The molecular formula is C13H19ClF3N5. The molecule has 0 bridgehead atoms. The Morgan fingerprint density at radius 2 is 1.95 bits per heavy atom. The third-order valence-corrected chi connectivity index (χ3v) is 3.07. The zero-order chi connectivity index (χ0) is 15.6. The summed E-state index contributed by atoms with van der Waals surface area (Å²) in [6, 6.07) is 3.18. The van der Waals surface area contributed by atoms with Crippen LogP contribution in [-0.2, 0) is 26.3 Å². The molecule has 2 rings (SSSR count). The molecular weight excluding hydrogens is 319 g/mol. The van der Waals surface area contributed by atoms with E-state index in [-0.39, 0.29) is 25.0 Å². The van der Waals surface area contributed by atoms with Gasteiger partial charge < -0.3 is 5.32 Å². The summed E-state index contributed by atoms with van der Waals surface area (Å²) in [4.78, 5) is 0. The molecule has 1 N–H and O–H groups in total. The fourth-order valence-corrected chi connectivity index (χ4v) is 2.14. The molecule has 0 fully saturated rings. The minimum absolute atomic E-state index is 0. The number of rotatable bonds is 5. The van der Waals surface area contributed by atoms with E-state index >= 15 is 0 Å².